The van der Waals surface area contributed by atoms with Crippen LogP contribution in [0.5, 0.6) is 11.5 Å². The Labute approximate surface area is 133 Å². The second-order valence-electron chi connectivity index (χ2n) is 5.98. The highest BCUT2D eigenvalue weighted by Gasteiger charge is 2.14. The number of carbonyl (C=O) groups is 1. The average molecular weight is 305 g/mol. The molecule has 0 unspecified atom stereocenters. The number of rotatable bonds is 6. The zero-order valence-corrected chi connectivity index (χ0v) is 13.7. The fraction of sp³-hybridized carbons (Fsp3) is 0.611. The van der Waals surface area contributed by atoms with Crippen LogP contribution in [0.1, 0.15) is 50.5 Å². The molecule has 0 spiro atoms. The van der Waals surface area contributed by atoms with Crippen molar-refractivity contribution in [3.63, 3.8) is 0 Å². The van der Waals surface area contributed by atoms with Crippen LogP contribution >= 0.6 is 0 Å². The first-order chi connectivity index (χ1) is 10.7. The zero-order chi connectivity index (χ0) is 15.8. The number of hydrogen-bond donors (Lipinski definition) is 1. The molecule has 4 nitrogen and oxygen atoms in total. The molecule has 2 rings (SSSR count). The molecule has 0 aliphatic heterocycles. The monoisotopic (exact) mass is 305 g/mol. The maximum Gasteiger partial charge on any atom is 0.220 e. The molecule has 1 fully saturated rings. The third kappa shape index (κ3) is 5.24. The molecule has 4 heteroatoms. The lowest BCUT2D eigenvalue weighted by atomic mass is 10.1. The van der Waals surface area contributed by atoms with E-state index >= 15 is 0 Å². The summed E-state index contributed by atoms with van der Waals surface area (Å²) in [4.78, 5) is 12.1. The van der Waals surface area contributed by atoms with Crippen molar-refractivity contribution in [1.29, 1.82) is 0 Å². The summed E-state index contributed by atoms with van der Waals surface area (Å²) in [5, 5.41) is 3.18. The van der Waals surface area contributed by atoms with Gasteiger partial charge in [0.25, 0.3) is 0 Å². The average Bonchev–Trinajstić information content (AvgIpc) is 2.81. The number of carbonyl (C=O) groups excluding carboxylic acids is 1. The first-order valence-corrected chi connectivity index (χ1v) is 8.22. The van der Waals surface area contributed by atoms with E-state index in [1.54, 1.807) is 14.2 Å². The Morgan fingerprint density at radius 2 is 1.64 bits per heavy atom. The third-order valence-electron chi connectivity index (χ3n) is 4.27. The van der Waals surface area contributed by atoms with Crippen LogP contribution in [0.15, 0.2) is 18.2 Å². The smallest absolute Gasteiger partial charge is 0.220 e. The minimum absolute atomic E-state index is 0.147. The molecule has 0 bridgehead atoms. The van der Waals surface area contributed by atoms with E-state index in [1.165, 1.54) is 25.7 Å². The van der Waals surface area contributed by atoms with Crippen LogP contribution in [0, 0.1) is 0 Å². The van der Waals surface area contributed by atoms with Gasteiger partial charge in [-0.2, -0.15) is 0 Å². The minimum Gasteiger partial charge on any atom is -0.497 e. The lowest BCUT2D eigenvalue weighted by Crippen LogP contribution is -2.34. The van der Waals surface area contributed by atoms with Gasteiger partial charge in [-0.1, -0.05) is 25.7 Å². The van der Waals surface area contributed by atoms with Crippen LogP contribution in [0.2, 0.25) is 0 Å². The van der Waals surface area contributed by atoms with E-state index in [4.69, 9.17) is 9.47 Å². The van der Waals surface area contributed by atoms with Gasteiger partial charge in [-0.3, -0.25) is 4.79 Å². The van der Waals surface area contributed by atoms with Gasteiger partial charge in [0, 0.05) is 18.5 Å². The standard InChI is InChI=1S/C18H27NO3/c1-21-16-11-14(12-17(13-16)22-2)9-10-18(20)19-15-7-5-3-4-6-8-15/h11-13,15H,3-10H2,1-2H3,(H,19,20). The zero-order valence-electron chi connectivity index (χ0n) is 13.7. The topological polar surface area (TPSA) is 47.6 Å². The minimum atomic E-state index is 0.147. The number of ether oxygens (including phenoxy) is 2. The molecule has 1 aliphatic carbocycles. The van der Waals surface area contributed by atoms with E-state index in [1.807, 2.05) is 18.2 Å². The van der Waals surface area contributed by atoms with Crippen molar-refractivity contribution in [2.45, 2.75) is 57.4 Å². The van der Waals surface area contributed by atoms with E-state index in [0.29, 0.717) is 18.9 Å². The Kier molecular flexibility index (Phi) is 6.56. The molecular formula is C18H27NO3. The van der Waals surface area contributed by atoms with E-state index in [0.717, 1.165) is 29.9 Å². The van der Waals surface area contributed by atoms with Gasteiger partial charge in [0.05, 0.1) is 14.2 Å². The van der Waals surface area contributed by atoms with Crippen LogP contribution in [0.3, 0.4) is 0 Å². The van der Waals surface area contributed by atoms with Crippen molar-refractivity contribution in [2.75, 3.05) is 14.2 Å². The highest BCUT2D eigenvalue weighted by atomic mass is 16.5. The summed E-state index contributed by atoms with van der Waals surface area (Å²) < 4.78 is 10.5. The first kappa shape index (κ1) is 16.7. The van der Waals surface area contributed by atoms with Crippen molar-refractivity contribution < 1.29 is 14.3 Å². The third-order valence-corrected chi connectivity index (χ3v) is 4.27. The van der Waals surface area contributed by atoms with Crippen molar-refractivity contribution >= 4 is 5.91 Å². The van der Waals surface area contributed by atoms with Crippen LogP contribution in [-0.4, -0.2) is 26.2 Å². The maximum atomic E-state index is 12.1. The van der Waals surface area contributed by atoms with E-state index in [9.17, 15) is 4.79 Å². The summed E-state index contributed by atoms with van der Waals surface area (Å²) in [6.45, 7) is 0. The van der Waals surface area contributed by atoms with Crippen LogP contribution in [0.4, 0.5) is 0 Å². The lowest BCUT2D eigenvalue weighted by Gasteiger charge is -2.16. The number of benzene rings is 1. The molecule has 0 heterocycles. The van der Waals surface area contributed by atoms with Crippen molar-refractivity contribution in [3.05, 3.63) is 23.8 Å². The number of nitrogens with one attached hydrogen (secondary N) is 1. The van der Waals surface area contributed by atoms with Crippen LogP contribution in [-0.2, 0) is 11.2 Å². The highest BCUT2D eigenvalue weighted by molar-refractivity contribution is 5.76. The molecule has 1 aromatic rings. The fourth-order valence-corrected chi connectivity index (χ4v) is 2.99. The molecule has 1 N–H and O–H groups in total. The van der Waals surface area contributed by atoms with Gasteiger partial charge in [0.2, 0.25) is 5.91 Å². The predicted octanol–water partition coefficient (Wildman–Crippen LogP) is 3.48. The predicted molar refractivity (Wildman–Crippen MR) is 87.5 cm³/mol. The summed E-state index contributed by atoms with van der Waals surface area (Å²) in [6, 6.07) is 6.13. The number of aryl methyl sites for hydroxylation is 1. The molecule has 1 amide bonds. The second kappa shape index (κ2) is 8.66. The number of hydrogen-bond acceptors (Lipinski definition) is 3. The molecule has 0 atom stereocenters. The van der Waals surface area contributed by atoms with Gasteiger partial charge < -0.3 is 14.8 Å². The SMILES string of the molecule is COc1cc(CCC(=O)NC2CCCCCC2)cc(OC)c1. The Balaban J connectivity index is 1.84. The number of amides is 1. The van der Waals surface area contributed by atoms with Gasteiger partial charge in [-0.05, 0) is 37.0 Å². The molecule has 0 aromatic heterocycles. The molecule has 0 saturated heterocycles. The Morgan fingerprint density at radius 1 is 1.05 bits per heavy atom. The van der Waals surface area contributed by atoms with Crippen LogP contribution < -0.4 is 14.8 Å². The molecule has 1 saturated carbocycles. The summed E-state index contributed by atoms with van der Waals surface area (Å²) in [5.74, 6) is 1.67. The Hall–Kier alpha value is -1.71. The summed E-state index contributed by atoms with van der Waals surface area (Å²) in [6.07, 6.45) is 8.53. The Morgan fingerprint density at radius 3 is 2.18 bits per heavy atom. The normalized spacial score (nSPS) is 15.9. The van der Waals surface area contributed by atoms with E-state index in [2.05, 4.69) is 5.32 Å². The Bertz CT molecular complexity index is 457. The van der Waals surface area contributed by atoms with Crippen molar-refractivity contribution in [1.82, 2.24) is 5.32 Å². The van der Waals surface area contributed by atoms with E-state index < -0.39 is 0 Å². The fourth-order valence-electron chi connectivity index (χ4n) is 2.99. The van der Waals surface area contributed by atoms with Crippen molar-refractivity contribution in [2.24, 2.45) is 0 Å². The summed E-state index contributed by atoms with van der Waals surface area (Å²) in [7, 11) is 3.27. The highest BCUT2D eigenvalue weighted by Crippen LogP contribution is 2.23. The van der Waals surface area contributed by atoms with Gasteiger partial charge in [0.1, 0.15) is 11.5 Å². The molecule has 122 valence electrons. The van der Waals surface area contributed by atoms with Crippen LogP contribution in [0.25, 0.3) is 0 Å². The van der Waals surface area contributed by atoms with Gasteiger partial charge >= 0.3 is 0 Å². The second-order valence-corrected chi connectivity index (χ2v) is 5.98. The lowest BCUT2D eigenvalue weighted by molar-refractivity contribution is -0.121. The van der Waals surface area contributed by atoms with Gasteiger partial charge in [0.15, 0.2) is 0 Å². The number of methoxy groups -OCH3 is 2. The first-order valence-electron chi connectivity index (χ1n) is 8.22. The molecule has 0 radical (unpaired) electrons. The summed E-state index contributed by atoms with van der Waals surface area (Å²) >= 11 is 0. The molecule has 1 aromatic carbocycles. The molecular weight excluding hydrogens is 278 g/mol. The molecule has 22 heavy (non-hydrogen) atoms. The van der Waals surface area contributed by atoms with Gasteiger partial charge in [-0.25, -0.2) is 0 Å². The molecule has 1 aliphatic rings. The largest absolute Gasteiger partial charge is 0.497 e. The van der Waals surface area contributed by atoms with Crippen molar-refractivity contribution in [3.8, 4) is 11.5 Å². The summed E-state index contributed by atoms with van der Waals surface area (Å²) in [5.41, 5.74) is 1.06. The van der Waals surface area contributed by atoms with Gasteiger partial charge in [-0.15, -0.1) is 0 Å². The maximum absolute atomic E-state index is 12.1. The quantitative estimate of drug-likeness (QED) is 0.819. The van der Waals surface area contributed by atoms with E-state index in [-0.39, 0.29) is 5.91 Å².